The minimum atomic E-state index is -0.827. The SMILES string of the molecule is C#CCN(CCSC)CC(=O)O. The van der Waals surface area contributed by atoms with Crippen LogP contribution in [0, 0.1) is 12.3 Å². The third kappa shape index (κ3) is 6.08. The Balaban J connectivity index is 3.71. The van der Waals surface area contributed by atoms with Gasteiger partial charge < -0.3 is 5.11 Å². The van der Waals surface area contributed by atoms with Crippen LogP contribution in [0.2, 0.25) is 0 Å². The molecule has 0 aromatic rings. The molecule has 0 spiro atoms. The lowest BCUT2D eigenvalue weighted by Gasteiger charge is -2.15. The minimum Gasteiger partial charge on any atom is -0.480 e. The number of hydrogen-bond acceptors (Lipinski definition) is 3. The van der Waals surface area contributed by atoms with Gasteiger partial charge in [-0.2, -0.15) is 11.8 Å². The van der Waals surface area contributed by atoms with Crippen LogP contribution in [0.5, 0.6) is 0 Å². The predicted molar refractivity (Wildman–Crippen MR) is 51.3 cm³/mol. The molecule has 0 saturated carbocycles. The fraction of sp³-hybridized carbons (Fsp3) is 0.625. The molecule has 0 aromatic heterocycles. The van der Waals surface area contributed by atoms with E-state index in [1.165, 1.54) is 0 Å². The second kappa shape index (κ2) is 7.01. The number of terminal acetylenes is 1. The van der Waals surface area contributed by atoms with Gasteiger partial charge in [0.15, 0.2) is 0 Å². The third-order valence-electron chi connectivity index (χ3n) is 1.29. The average molecular weight is 187 g/mol. The van der Waals surface area contributed by atoms with Crippen molar-refractivity contribution in [3.05, 3.63) is 0 Å². The lowest BCUT2D eigenvalue weighted by atomic mass is 10.4. The summed E-state index contributed by atoms with van der Waals surface area (Å²) in [4.78, 5) is 12.1. The maximum absolute atomic E-state index is 10.3. The summed E-state index contributed by atoms with van der Waals surface area (Å²) >= 11 is 1.68. The summed E-state index contributed by atoms with van der Waals surface area (Å²) in [7, 11) is 0. The molecular weight excluding hydrogens is 174 g/mol. The highest BCUT2D eigenvalue weighted by Gasteiger charge is 2.06. The van der Waals surface area contributed by atoms with Gasteiger partial charge in [-0.1, -0.05) is 5.92 Å². The van der Waals surface area contributed by atoms with Crippen molar-refractivity contribution >= 4 is 17.7 Å². The van der Waals surface area contributed by atoms with Gasteiger partial charge in [-0.15, -0.1) is 6.42 Å². The number of aliphatic carboxylic acids is 1. The summed E-state index contributed by atoms with van der Waals surface area (Å²) in [6, 6.07) is 0. The summed E-state index contributed by atoms with van der Waals surface area (Å²) < 4.78 is 0. The Morgan fingerprint density at radius 1 is 1.75 bits per heavy atom. The molecule has 12 heavy (non-hydrogen) atoms. The van der Waals surface area contributed by atoms with E-state index >= 15 is 0 Å². The zero-order valence-corrected chi connectivity index (χ0v) is 7.93. The van der Waals surface area contributed by atoms with E-state index in [-0.39, 0.29) is 6.54 Å². The van der Waals surface area contributed by atoms with E-state index in [1.807, 2.05) is 6.26 Å². The van der Waals surface area contributed by atoms with Crippen molar-refractivity contribution < 1.29 is 9.90 Å². The van der Waals surface area contributed by atoms with E-state index in [0.29, 0.717) is 6.54 Å². The van der Waals surface area contributed by atoms with E-state index < -0.39 is 5.97 Å². The molecule has 0 aliphatic heterocycles. The largest absolute Gasteiger partial charge is 0.480 e. The van der Waals surface area contributed by atoms with Crippen molar-refractivity contribution in [3.63, 3.8) is 0 Å². The number of carboxylic acids is 1. The Kier molecular flexibility index (Phi) is 6.63. The third-order valence-corrected chi connectivity index (χ3v) is 1.88. The van der Waals surface area contributed by atoms with E-state index in [4.69, 9.17) is 11.5 Å². The lowest BCUT2D eigenvalue weighted by Crippen LogP contribution is -2.32. The predicted octanol–water partition coefficient (Wildman–Crippen LogP) is 0.369. The molecule has 3 nitrogen and oxygen atoms in total. The molecular formula is C8H13NO2S. The van der Waals surface area contributed by atoms with Crippen molar-refractivity contribution in [2.24, 2.45) is 0 Å². The van der Waals surface area contributed by atoms with Gasteiger partial charge in [-0.25, -0.2) is 0 Å². The number of carbonyl (C=O) groups is 1. The first kappa shape index (κ1) is 11.3. The van der Waals surface area contributed by atoms with Crippen LogP contribution < -0.4 is 0 Å². The molecule has 0 heterocycles. The Morgan fingerprint density at radius 2 is 2.42 bits per heavy atom. The van der Waals surface area contributed by atoms with Crippen LogP contribution in [0.15, 0.2) is 0 Å². The quantitative estimate of drug-likeness (QED) is 0.610. The number of carboxylic acid groups (broad SMARTS) is 1. The van der Waals surface area contributed by atoms with Crippen molar-refractivity contribution in [1.29, 1.82) is 0 Å². The van der Waals surface area contributed by atoms with Crippen LogP contribution in [0.3, 0.4) is 0 Å². The summed E-state index contributed by atoms with van der Waals surface area (Å²) in [5, 5.41) is 8.49. The molecule has 68 valence electrons. The molecule has 0 unspecified atom stereocenters. The van der Waals surface area contributed by atoms with E-state index in [1.54, 1.807) is 16.7 Å². The standard InChI is InChI=1S/C8H13NO2S/c1-3-4-9(5-6-12-2)7-8(10)11/h1H,4-7H2,2H3,(H,10,11). The molecule has 0 aliphatic carbocycles. The van der Waals surface area contributed by atoms with Crippen LogP contribution in [0.4, 0.5) is 0 Å². The monoisotopic (exact) mass is 187 g/mol. The number of thioether (sulfide) groups is 1. The van der Waals surface area contributed by atoms with Crippen molar-refractivity contribution in [2.75, 3.05) is 31.6 Å². The van der Waals surface area contributed by atoms with Crippen LogP contribution in [0.1, 0.15) is 0 Å². The first-order chi connectivity index (χ1) is 5.70. The summed E-state index contributed by atoms with van der Waals surface area (Å²) in [5.74, 6) is 2.52. The van der Waals surface area contributed by atoms with Gasteiger partial charge in [0, 0.05) is 12.3 Å². The van der Waals surface area contributed by atoms with Crippen LogP contribution >= 0.6 is 11.8 Å². The van der Waals surface area contributed by atoms with Gasteiger partial charge in [0.1, 0.15) is 0 Å². The molecule has 0 atom stereocenters. The zero-order chi connectivity index (χ0) is 9.40. The second-order valence-corrected chi connectivity index (χ2v) is 3.29. The van der Waals surface area contributed by atoms with Gasteiger partial charge in [-0.05, 0) is 6.26 Å². The Morgan fingerprint density at radius 3 is 2.83 bits per heavy atom. The summed E-state index contributed by atoms with van der Waals surface area (Å²) in [6.45, 7) is 1.18. The van der Waals surface area contributed by atoms with Gasteiger partial charge >= 0.3 is 5.97 Å². The van der Waals surface area contributed by atoms with E-state index in [2.05, 4.69) is 5.92 Å². The molecule has 0 fully saturated rings. The maximum atomic E-state index is 10.3. The van der Waals surface area contributed by atoms with E-state index in [0.717, 1.165) is 12.3 Å². The van der Waals surface area contributed by atoms with Gasteiger partial charge in [-0.3, -0.25) is 9.69 Å². The van der Waals surface area contributed by atoms with Gasteiger partial charge in [0.05, 0.1) is 13.1 Å². The molecule has 0 saturated heterocycles. The number of hydrogen-bond donors (Lipinski definition) is 1. The molecule has 0 aliphatic rings. The Bertz CT molecular complexity index is 176. The fourth-order valence-corrected chi connectivity index (χ4v) is 1.20. The van der Waals surface area contributed by atoms with Crippen molar-refractivity contribution in [1.82, 2.24) is 4.90 Å². The highest BCUT2D eigenvalue weighted by atomic mass is 32.2. The average Bonchev–Trinajstić information content (AvgIpc) is 2.00. The minimum absolute atomic E-state index is 0.0325. The fourth-order valence-electron chi connectivity index (χ4n) is 0.755. The van der Waals surface area contributed by atoms with Crippen LogP contribution in [-0.4, -0.2) is 47.6 Å². The molecule has 1 N–H and O–H groups in total. The molecule has 0 rings (SSSR count). The smallest absolute Gasteiger partial charge is 0.317 e. The zero-order valence-electron chi connectivity index (χ0n) is 7.12. The molecule has 4 heteroatoms. The molecule has 0 amide bonds. The Hall–Kier alpha value is -0.660. The van der Waals surface area contributed by atoms with Crippen LogP contribution in [0.25, 0.3) is 0 Å². The van der Waals surface area contributed by atoms with Crippen molar-refractivity contribution in [2.45, 2.75) is 0 Å². The first-order valence-electron chi connectivity index (χ1n) is 3.57. The molecule has 0 aromatic carbocycles. The second-order valence-electron chi connectivity index (χ2n) is 2.30. The van der Waals surface area contributed by atoms with Gasteiger partial charge in [0.25, 0.3) is 0 Å². The lowest BCUT2D eigenvalue weighted by molar-refractivity contribution is -0.138. The topological polar surface area (TPSA) is 40.5 Å². The summed E-state index contributed by atoms with van der Waals surface area (Å²) in [6.07, 6.45) is 7.07. The van der Waals surface area contributed by atoms with Crippen molar-refractivity contribution in [3.8, 4) is 12.3 Å². The van der Waals surface area contributed by atoms with E-state index in [9.17, 15) is 4.79 Å². The highest BCUT2D eigenvalue weighted by molar-refractivity contribution is 7.98. The number of rotatable bonds is 6. The van der Waals surface area contributed by atoms with Gasteiger partial charge in [0.2, 0.25) is 0 Å². The molecule has 0 bridgehead atoms. The van der Waals surface area contributed by atoms with Crippen LogP contribution in [-0.2, 0) is 4.79 Å². The summed E-state index contributed by atoms with van der Waals surface area (Å²) in [5.41, 5.74) is 0. The first-order valence-corrected chi connectivity index (χ1v) is 4.96. The highest BCUT2D eigenvalue weighted by Crippen LogP contribution is 1.94. The number of nitrogens with zero attached hydrogens (tertiary/aromatic N) is 1. The molecule has 0 radical (unpaired) electrons. The normalized spacial score (nSPS) is 9.75. The maximum Gasteiger partial charge on any atom is 0.317 e. The Labute approximate surface area is 77.1 Å².